The van der Waals surface area contributed by atoms with Crippen molar-refractivity contribution in [3.05, 3.63) is 49.0 Å². The molecule has 0 N–H and O–H groups in total. The summed E-state index contributed by atoms with van der Waals surface area (Å²) in [6, 6.07) is 10.4. The van der Waals surface area contributed by atoms with Gasteiger partial charge < -0.3 is 0 Å². The van der Waals surface area contributed by atoms with E-state index in [9.17, 15) is 0 Å². The van der Waals surface area contributed by atoms with Crippen LogP contribution in [0, 0.1) is 6.92 Å². The van der Waals surface area contributed by atoms with Crippen LogP contribution in [-0.4, -0.2) is 4.98 Å². The van der Waals surface area contributed by atoms with E-state index in [4.69, 9.17) is 0 Å². The van der Waals surface area contributed by atoms with Gasteiger partial charge in [-0.25, -0.2) is 0 Å². The summed E-state index contributed by atoms with van der Waals surface area (Å²) in [4.78, 5) is 4.37. The molecule has 1 radical (unpaired) electrons. The molecular formula is C12H12N. The van der Waals surface area contributed by atoms with E-state index in [-0.39, 0.29) is 0 Å². The second kappa shape index (κ2) is 3.56. The molecule has 1 aromatic heterocycles. The summed E-state index contributed by atoms with van der Waals surface area (Å²) in [5, 5.41) is 1.22. The van der Waals surface area contributed by atoms with Gasteiger partial charge in [-0.2, -0.15) is 0 Å². The summed E-state index contributed by atoms with van der Waals surface area (Å²) in [6.07, 6.45) is 3.78. The maximum atomic E-state index is 4.37. The smallest absolute Gasteiger partial charge is 0.0733 e. The van der Waals surface area contributed by atoms with Crippen LogP contribution in [0.2, 0.25) is 0 Å². The highest BCUT2D eigenvalue weighted by atomic mass is 14.6. The molecule has 0 unspecified atom stereocenters. The third-order valence-electron chi connectivity index (χ3n) is 2.16. The van der Waals surface area contributed by atoms with Gasteiger partial charge in [0.1, 0.15) is 0 Å². The van der Waals surface area contributed by atoms with Crippen LogP contribution in [0.25, 0.3) is 10.9 Å². The summed E-state index contributed by atoms with van der Waals surface area (Å²) in [6.45, 7) is 3.86. The monoisotopic (exact) mass is 170 g/mol. The molecule has 0 fully saturated rings. The molecule has 0 saturated heterocycles. The molecule has 0 spiro atoms. The first-order valence-corrected chi connectivity index (χ1v) is 4.53. The molecule has 1 aromatic carbocycles. The van der Waals surface area contributed by atoms with Gasteiger partial charge in [0.15, 0.2) is 0 Å². The van der Waals surface area contributed by atoms with Gasteiger partial charge in [-0.15, -0.1) is 0 Å². The molecule has 0 bridgehead atoms. The van der Waals surface area contributed by atoms with Crippen LogP contribution in [0.5, 0.6) is 0 Å². The topological polar surface area (TPSA) is 12.9 Å². The van der Waals surface area contributed by atoms with Crippen LogP contribution < -0.4 is 0 Å². The largest absolute Gasteiger partial charge is 0.256 e. The van der Waals surface area contributed by atoms with Crippen LogP contribution in [0.3, 0.4) is 0 Å². The quantitative estimate of drug-likeness (QED) is 0.675. The summed E-state index contributed by atoms with van der Waals surface area (Å²) < 4.78 is 0. The Bertz CT molecular complexity index is 401. The second-order valence-electron chi connectivity index (χ2n) is 3.10. The average molecular weight is 170 g/mol. The van der Waals surface area contributed by atoms with Crippen molar-refractivity contribution in [2.24, 2.45) is 0 Å². The van der Waals surface area contributed by atoms with Crippen molar-refractivity contribution in [3.63, 3.8) is 0 Å². The van der Waals surface area contributed by atoms with E-state index in [0.29, 0.717) is 0 Å². The summed E-state index contributed by atoms with van der Waals surface area (Å²) in [5.74, 6) is 0. The summed E-state index contributed by atoms with van der Waals surface area (Å²) >= 11 is 0. The molecule has 2 aromatic rings. The Kier molecular flexibility index (Phi) is 2.26. The van der Waals surface area contributed by atoms with Crippen LogP contribution in [0.4, 0.5) is 0 Å². The van der Waals surface area contributed by atoms with E-state index in [1.165, 1.54) is 10.9 Å². The van der Waals surface area contributed by atoms with Crippen molar-refractivity contribution in [3.8, 4) is 0 Å². The number of fused-ring (bicyclic) bond motifs is 1. The maximum absolute atomic E-state index is 4.37. The van der Waals surface area contributed by atoms with Crippen molar-refractivity contribution >= 4 is 10.9 Å². The number of nitrogens with zero attached hydrogens (tertiary/aromatic N) is 1. The first-order valence-electron chi connectivity index (χ1n) is 4.53. The molecule has 1 heterocycles. The predicted octanol–water partition coefficient (Wildman–Crippen LogP) is 3.00. The van der Waals surface area contributed by atoms with E-state index >= 15 is 0 Å². The third-order valence-corrected chi connectivity index (χ3v) is 2.16. The second-order valence-corrected chi connectivity index (χ2v) is 3.10. The van der Waals surface area contributed by atoms with Crippen molar-refractivity contribution < 1.29 is 0 Å². The molecule has 0 saturated carbocycles. The summed E-state index contributed by atoms with van der Waals surface area (Å²) in [7, 11) is 0. The van der Waals surface area contributed by atoms with E-state index in [0.717, 1.165) is 18.4 Å². The van der Waals surface area contributed by atoms with Crippen molar-refractivity contribution in [2.75, 3.05) is 0 Å². The number of hydrogen-bond donors (Lipinski definition) is 0. The zero-order valence-electron chi connectivity index (χ0n) is 7.53. The van der Waals surface area contributed by atoms with E-state index in [2.05, 4.69) is 36.2 Å². The lowest BCUT2D eigenvalue weighted by molar-refractivity contribution is 1.00. The molecule has 1 nitrogen and oxygen atoms in total. The average Bonchev–Trinajstić information content (AvgIpc) is 2.19. The highest BCUT2D eigenvalue weighted by Gasteiger charge is 1.98. The number of rotatable bonds is 2. The third kappa shape index (κ3) is 1.55. The minimum atomic E-state index is 0.926. The van der Waals surface area contributed by atoms with Gasteiger partial charge in [0.25, 0.3) is 0 Å². The van der Waals surface area contributed by atoms with Gasteiger partial charge in [0.05, 0.1) is 5.52 Å². The van der Waals surface area contributed by atoms with Gasteiger partial charge in [-0.1, -0.05) is 31.2 Å². The fourth-order valence-electron chi connectivity index (χ4n) is 1.56. The number of benzene rings is 1. The number of pyridine rings is 1. The van der Waals surface area contributed by atoms with Crippen LogP contribution >= 0.6 is 0 Å². The zero-order valence-corrected chi connectivity index (χ0v) is 7.53. The minimum absolute atomic E-state index is 0.926. The van der Waals surface area contributed by atoms with Crippen LogP contribution in [0.15, 0.2) is 36.5 Å². The highest BCUT2D eigenvalue weighted by molar-refractivity contribution is 5.81. The van der Waals surface area contributed by atoms with E-state index in [1.54, 1.807) is 0 Å². The molecule has 1 heteroatoms. The highest BCUT2D eigenvalue weighted by Crippen LogP contribution is 2.16. The van der Waals surface area contributed by atoms with Gasteiger partial charge in [-0.05, 0) is 24.5 Å². The molecule has 0 aliphatic carbocycles. The number of aryl methyl sites for hydroxylation is 1. The fourth-order valence-corrected chi connectivity index (χ4v) is 1.56. The Hall–Kier alpha value is -1.37. The van der Waals surface area contributed by atoms with E-state index < -0.39 is 0 Å². The van der Waals surface area contributed by atoms with Crippen molar-refractivity contribution in [2.45, 2.75) is 12.8 Å². The Morgan fingerprint density at radius 2 is 2.00 bits per heavy atom. The maximum Gasteiger partial charge on any atom is 0.0733 e. The Balaban J connectivity index is 2.61. The molecule has 65 valence electrons. The van der Waals surface area contributed by atoms with Crippen LogP contribution in [0.1, 0.15) is 12.0 Å². The van der Waals surface area contributed by atoms with Gasteiger partial charge >= 0.3 is 0 Å². The lowest BCUT2D eigenvalue weighted by Gasteiger charge is -2.02. The standard InChI is InChI=1S/C12H12N/c1-2-5-10-6-3-7-11-8-4-9-13-12(10)11/h3-4,6-9H,1-2,5H2. The van der Waals surface area contributed by atoms with Gasteiger partial charge in [0.2, 0.25) is 0 Å². The number of para-hydroxylation sites is 1. The predicted molar refractivity (Wildman–Crippen MR) is 55.4 cm³/mol. The molecule has 0 aliphatic heterocycles. The molecular weight excluding hydrogens is 158 g/mol. The normalized spacial score (nSPS) is 10.5. The minimum Gasteiger partial charge on any atom is -0.256 e. The lowest BCUT2D eigenvalue weighted by Crippen LogP contribution is -1.87. The Labute approximate surface area is 78.4 Å². The molecule has 0 aliphatic rings. The fraction of sp³-hybridized carbons (Fsp3) is 0.167. The van der Waals surface area contributed by atoms with Crippen molar-refractivity contribution in [1.82, 2.24) is 4.98 Å². The van der Waals surface area contributed by atoms with Crippen LogP contribution in [-0.2, 0) is 6.42 Å². The zero-order chi connectivity index (χ0) is 9.10. The van der Waals surface area contributed by atoms with Crippen molar-refractivity contribution in [1.29, 1.82) is 0 Å². The SMILES string of the molecule is [CH2]CCc1cccc2cccnc12. The van der Waals surface area contributed by atoms with Gasteiger partial charge in [-0.3, -0.25) is 4.98 Å². The number of aromatic nitrogens is 1. The van der Waals surface area contributed by atoms with Gasteiger partial charge in [0, 0.05) is 11.6 Å². The van der Waals surface area contributed by atoms with E-state index in [1.807, 2.05) is 12.3 Å². The first-order chi connectivity index (χ1) is 6.42. The molecule has 0 atom stereocenters. The first kappa shape index (κ1) is 8.24. The molecule has 13 heavy (non-hydrogen) atoms. The summed E-state index contributed by atoms with van der Waals surface area (Å²) in [5.41, 5.74) is 2.42. The molecule has 0 amide bonds. The Morgan fingerprint density at radius 3 is 2.85 bits per heavy atom. The number of hydrogen-bond acceptors (Lipinski definition) is 1. The lowest BCUT2D eigenvalue weighted by atomic mass is 10.1. The Morgan fingerprint density at radius 1 is 1.15 bits per heavy atom. The molecule has 2 rings (SSSR count).